The monoisotopic (exact) mass is 280 g/mol. The molecule has 0 fully saturated rings. The second kappa shape index (κ2) is 4.60. The van der Waals surface area contributed by atoms with Crippen LogP contribution >= 0.6 is 15.9 Å². The minimum absolute atomic E-state index is 0.483. The highest BCUT2D eigenvalue weighted by Crippen LogP contribution is 2.35. The van der Waals surface area contributed by atoms with Crippen molar-refractivity contribution in [2.45, 2.75) is 19.3 Å². The maximum Gasteiger partial charge on any atom is 0.0491 e. The predicted octanol–water partition coefficient (Wildman–Crippen LogP) is 3.39. The van der Waals surface area contributed by atoms with Crippen LogP contribution in [-0.4, -0.2) is 11.1 Å². The third-order valence-corrected chi connectivity index (χ3v) is 3.99. The molecule has 1 heterocycles. The zero-order valence-electron chi connectivity index (χ0n) is 9.70. The molecular formula is C13H17BrN2. The Balaban J connectivity index is 2.61. The molecule has 1 unspecified atom stereocenters. The van der Waals surface area contributed by atoms with E-state index in [0.29, 0.717) is 5.92 Å². The van der Waals surface area contributed by atoms with E-state index in [0.717, 1.165) is 13.0 Å². The molecule has 0 saturated carbocycles. The van der Waals surface area contributed by atoms with Gasteiger partial charge in [-0.05, 0) is 40.9 Å². The molecule has 0 saturated heterocycles. The number of hydrogen-bond acceptors (Lipinski definition) is 1. The van der Waals surface area contributed by atoms with Crippen molar-refractivity contribution in [3.63, 3.8) is 0 Å². The van der Waals surface area contributed by atoms with E-state index in [-0.39, 0.29) is 0 Å². The van der Waals surface area contributed by atoms with Crippen LogP contribution in [0.25, 0.3) is 10.9 Å². The Morgan fingerprint density at radius 1 is 1.38 bits per heavy atom. The SMILES string of the molecule is CC(CCN)c1c(Br)c2ccccc2n1C. The quantitative estimate of drug-likeness (QED) is 0.918. The Kier molecular flexibility index (Phi) is 3.36. The highest BCUT2D eigenvalue weighted by Gasteiger charge is 2.17. The summed E-state index contributed by atoms with van der Waals surface area (Å²) in [7, 11) is 2.12. The van der Waals surface area contributed by atoms with E-state index in [1.165, 1.54) is 21.1 Å². The first-order valence-corrected chi connectivity index (χ1v) is 6.39. The van der Waals surface area contributed by atoms with Crippen molar-refractivity contribution < 1.29 is 0 Å². The maximum atomic E-state index is 5.64. The van der Waals surface area contributed by atoms with Crippen LogP contribution in [0.15, 0.2) is 28.7 Å². The van der Waals surface area contributed by atoms with Gasteiger partial charge in [-0.25, -0.2) is 0 Å². The number of halogens is 1. The fraction of sp³-hybridized carbons (Fsp3) is 0.385. The van der Waals surface area contributed by atoms with Gasteiger partial charge in [-0.1, -0.05) is 25.1 Å². The number of rotatable bonds is 3. The first-order chi connectivity index (χ1) is 7.66. The van der Waals surface area contributed by atoms with Gasteiger partial charge in [0.2, 0.25) is 0 Å². The Hall–Kier alpha value is -0.800. The number of para-hydroxylation sites is 1. The normalized spacial score (nSPS) is 13.2. The van der Waals surface area contributed by atoms with E-state index in [1.54, 1.807) is 0 Å². The van der Waals surface area contributed by atoms with Gasteiger partial charge in [0.25, 0.3) is 0 Å². The molecule has 0 amide bonds. The van der Waals surface area contributed by atoms with E-state index < -0.39 is 0 Å². The number of benzene rings is 1. The van der Waals surface area contributed by atoms with Crippen LogP contribution in [0.5, 0.6) is 0 Å². The van der Waals surface area contributed by atoms with Gasteiger partial charge in [0.1, 0.15) is 0 Å². The Labute approximate surface area is 105 Å². The third-order valence-electron chi connectivity index (χ3n) is 3.15. The van der Waals surface area contributed by atoms with Gasteiger partial charge in [0, 0.05) is 28.1 Å². The molecule has 1 atom stereocenters. The van der Waals surface area contributed by atoms with Crippen molar-refractivity contribution in [2.24, 2.45) is 12.8 Å². The standard InChI is InChI=1S/C13H17BrN2/c1-9(7-8-15)13-12(14)10-5-3-4-6-11(10)16(13)2/h3-6,9H,7-8,15H2,1-2H3. The Morgan fingerprint density at radius 2 is 2.06 bits per heavy atom. The molecule has 0 aliphatic heterocycles. The van der Waals surface area contributed by atoms with Crippen LogP contribution in [0.3, 0.4) is 0 Å². The average molecular weight is 281 g/mol. The lowest BCUT2D eigenvalue weighted by Crippen LogP contribution is -2.08. The number of nitrogens with two attached hydrogens (primary N) is 1. The van der Waals surface area contributed by atoms with Gasteiger partial charge in [-0.3, -0.25) is 0 Å². The van der Waals surface area contributed by atoms with E-state index >= 15 is 0 Å². The van der Waals surface area contributed by atoms with Crippen molar-refractivity contribution in [1.82, 2.24) is 4.57 Å². The summed E-state index contributed by atoms with van der Waals surface area (Å²) in [6.45, 7) is 2.96. The van der Waals surface area contributed by atoms with Crippen LogP contribution in [0.1, 0.15) is 25.0 Å². The number of fused-ring (bicyclic) bond motifs is 1. The zero-order chi connectivity index (χ0) is 11.7. The molecule has 0 aliphatic rings. The van der Waals surface area contributed by atoms with Crippen molar-refractivity contribution in [1.29, 1.82) is 0 Å². The Bertz CT molecular complexity index is 463. The first-order valence-electron chi connectivity index (χ1n) is 5.59. The summed E-state index contributed by atoms with van der Waals surface area (Å²) in [6.07, 6.45) is 1.02. The molecule has 0 radical (unpaired) electrons. The van der Waals surface area contributed by atoms with Gasteiger partial charge in [0.15, 0.2) is 0 Å². The highest BCUT2D eigenvalue weighted by molar-refractivity contribution is 9.10. The van der Waals surface area contributed by atoms with Gasteiger partial charge in [-0.2, -0.15) is 0 Å². The molecule has 0 bridgehead atoms. The Morgan fingerprint density at radius 3 is 2.69 bits per heavy atom. The van der Waals surface area contributed by atoms with Crippen LogP contribution < -0.4 is 5.73 Å². The number of hydrogen-bond donors (Lipinski definition) is 1. The van der Waals surface area contributed by atoms with E-state index in [9.17, 15) is 0 Å². The van der Waals surface area contributed by atoms with Crippen LogP contribution in [0, 0.1) is 0 Å². The van der Waals surface area contributed by atoms with Gasteiger partial charge < -0.3 is 10.3 Å². The van der Waals surface area contributed by atoms with Crippen molar-refractivity contribution in [3.05, 3.63) is 34.4 Å². The molecule has 2 rings (SSSR count). The third kappa shape index (κ3) is 1.78. The number of aromatic nitrogens is 1. The van der Waals surface area contributed by atoms with Crippen LogP contribution in [0.4, 0.5) is 0 Å². The summed E-state index contributed by atoms with van der Waals surface area (Å²) >= 11 is 3.71. The lowest BCUT2D eigenvalue weighted by Gasteiger charge is -2.12. The molecule has 2 N–H and O–H groups in total. The molecule has 1 aromatic carbocycles. The average Bonchev–Trinajstić information content (AvgIpc) is 2.53. The maximum absolute atomic E-state index is 5.64. The minimum atomic E-state index is 0.483. The number of nitrogens with zero attached hydrogens (tertiary/aromatic N) is 1. The van der Waals surface area contributed by atoms with Gasteiger partial charge in [-0.15, -0.1) is 0 Å². The molecule has 86 valence electrons. The minimum Gasteiger partial charge on any atom is -0.346 e. The van der Waals surface area contributed by atoms with Crippen molar-refractivity contribution >= 4 is 26.8 Å². The lowest BCUT2D eigenvalue weighted by molar-refractivity contribution is 0.641. The fourth-order valence-electron chi connectivity index (χ4n) is 2.30. The molecule has 2 aromatic rings. The summed E-state index contributed by atoms with van der Waals surface area (Å²) in [5, 5.41) is 1.28. The second-order valence-electron chi connectivity index (χ2n) is 4.25. The topological polar surface area (TPSA) is 30.9 Å². The summed E-state index contributed by atoms with van der Waals surface area (Å²) in [5.41, 5.74) is 8.25. The summed E-state index contributed by atoms with van der Waals surface area (Å²) < 4.78 is 3.48. The molecule has 0 aliphatic carbocycles. The molecular weight excluding hydrogens is 264 g/mol. The van der Waals surface area contributed by atoms with E-state index in [1.807, 2.05) is 0 Å². The van der Waals surface area contributed by atoms with Gasteiger partial charge >= 0.3 is 0 Å². The molecule has 2 nitrogen and oxygen atoms in total. The van der Waals surface area contributed by atoms with E-state index in [2.05, 4.69) is 58.7 Å². The second-order valence-corrected chi connectivity index (χ2v) is 5.05. The van der Waals surface area contributed by atoms with Gasteiger partial charge in [0.05, 0.1) is 0 Å². The molecule has 1 aromatic heterocycles. The smallest absolute Gasteiger partial charge is 0.0491 e. The lowest BCUT2D eigenvalue weighted by atomic mass is 10.0. The largest absolute Gasteiger partial charge is 0.346 e. The summed E-state index contributed by atoms with van der Waals surface area (Å²) in [5.74, 6) is 0.483. The molecule has 0 spiro atoms. The van der Waals surface area contributed by atoms with E-state index in [4.69, 9.17) is 5.73 Å². The zero-order valence-corrected chi connectivity index (χ0v) is 11.3. The highest BCUT2D eigenvalue weighted by atomic mass is 79.9. The molecule has 3 heteroatoms. The summed E-state index contributed by atoms with van der Waals surface area (Å²) in [4.78, 5) is 0. The van der Waals surface area contributed by atoms with Crippen molar-refractivity contribution in [2.75, 3.05) is 6.54 Å². The fourth-order valence-corrected chi connectivity index (χ4v) is 3.29. The predicted molar refractivity (Wildman–Crippen MR) is 72.7 cm³/mol. The number of aryl methyl sites for hydroxylation is 1. The van der Waals surface area contributed by atoms with Crippen LogP contribution in [-0.2, 0) is 7.05 Å². The molecule has 16 heavy (non-hydrogen) atoms. The van der Waals surface area contributed by atoms with Crippen LogP contribution in [0.2, 0.25) is 0 Å². The first kappa shape index (κ1) is 11.7. The van der Waals surface area contributed by atoms with Crippen molar-refractivity contribution in [3.8, 4) is 0 Å². The summed E-state index contributed by atoms with van der Waals surface area (Å²) in [6, 6.07) is 8.45.